The number of benzene rings is 1. The third kappa shape index (κ3) is 5.18. The Balaban J connectivity index is 1.06. The molecule has 2 atom stereocenters. The van der Waals surface area contributed by atoms with Crippen LogP contribution < -0.4 is 15.5 Å². The number of nitrogens with zero attached hydrogens (tertiary/aromatic N) is 7. The highest BCUT2D eigenvalue weighted by Crippen LogP contribution is 2.39. The van der Waals surface area contributed by atoms with E-state index in [1.54, 1.807) is 0 Å². The van der Waals surface area contributed by atoms with Crippen molar-refractivity contribution in [3.05, 3.63) is 48.0 Å². The molecule has 3 N–H and O–H groups in total. The van der Waals surface area contributed by atoms with Crippen molar-refractivity contribution >= 4 is 17.5 Å². The molecule has 2 unspecified atom stereocenters. The normalized spacial score (nSPS) is 24.2. The Morgan fingerprint density at radius 2 is 1.61 bits per heavy atom. The third-order valence-corrected chi connectivity index (χ3v) is 9.79. The Kier molecular flexibility index (Phi) is 7.10. The minimum Gasteiger partial charge on any atom is -0.507 e. The Hall–Kier alpha value is -3.53. The van der Waals surface area contributed by atoms with E-state index in [4.69, 9.17) is 15.7 Å². The molecule has 2 aromatic heterocycles. The number of rotatable bonds is 5. The van der Waals surface area contributed by atoms with Crippen LogP contribution in [0, 0.1) is 5.82 Å². The first kappa shape index (κ1) is 26.4. The van der Waals surface area contributed by atoms with Crippen LogP contribution in [0.3, 0.4) is 0 Å². The second-order valence-corrected chi connectivity index (χ2v) is 12.2. The maximum Gasteiger partial charge on any atom is 0.226 e. The van der Waals surface area contributed by atoms with Crippen LogP contribution in [0.5, 0.6) is 5.75 Å². The number of nitrogen functional groups attached to an aromatic ring is 1. The first-order valence-electron chi connectivity index (χ1n) is 15.3. The fourth-order valence-corrected chi connectivity index (χ4v) is 7.64. The van der Waals surface area contributed by atoms with E-state index < -0.39 is 5.82 Å². The number of likely N-dealkylation sites (tertiary alicyclic amines) is 1. The minimum absolute atomic E-state index is 0.0435. The van der Waals surface area contributed by atoms with Gasteiger partial charge in [-0.05, 0) is 81.9 Å². The van der Waals surface area contributed by atoms with Gasteiger partial charge in [0, 0.05) is 54.6 Å². The van der Waals surface area contributed by atoms with Crippen molar-refractivity contribution in [2.75, 3.05) is 41.7 Å². The van der Waals surface area contributed by atoms with E-state index in [0.29, 0.717) is 23.0 Å². The topological polar surface area (TPSA) is 108 Å². The molecule has 3 aromatic rings. The predicted octanol–water partition coefficient (Wildman–Crippen LogP) is 4.73. The molecule has 0 amide bonds. The van der Waals surface area contributed by atoms with E-state index in [2.05, 4.69) is 31.0 Å². The van der Waals surface area contributed by atoms with E-state index in [1.807, 2.05) is 12.3 Å². The van der Waals surface area contributed by atoms with Crippen LogP contribution in [0.15, 0.2) is 36.5 Å². The molecule has 7 rings (SSSR count). The average Bonchev–Trinajstić information content (AvgIpc) is 3.28. The smallest absolute Gasteiger partial charge is 0.226 e. The van der Waals surface area contributed by atoms with Gasteiger partial charge < -0.3 is 25.5 Å². The summed E-state index contributed by atoms with van der Waals surface area (Å²) in [6.45, 7) is 3.87. The van der Waals surface area contributed by atoms with Crippen molar-refractivity contribution in [1.82, 2.24) is 25.1 Å². The second kappa shape index (κ2) is 11.0. The third-order valence-electron chi connectivity index (χ3n) is 9.79. The summed E-state index contributed by atoms with van der Waals surface area (Å²) in [4.78, 5) is 17.3. The molecule has 1 aliphatic carbocycles. The van der Waals surface area contributed by atoms with Crippen LogP contribution in [0.4, 0.5) is 21.8 Å². The zero-order chi connectivity index (χ0) is 27.9. The monoisotopic (exact) mass is 558 g/mol. The van der Waals surface area contributed by atoms with Gasteiger partial charge in [0.05, 0.1) is 11.4 Å². The fourth-order valence-electron chi connectivity index (χ4n) is 7.64. The average molecular weight is 559 g/mol. The molecule has 1 aromatic carbocycles. The van der Waals surface area contributed by atoms with Gasteiger partial charge in [-0.1, -0.05) is 19.3 Å². The first-order valence-corrected chi connectivity index (χ1v) is 15.3. The summed E-state index contributed by atoms with van der Waals surface area (Å²) < 4.78 is 13.9. The molecule has 9 nitrogen and oxygen atoms in total. The van der Waals surface area contributed by atoms with Gasteiger partial charge in [-0.25, -0.2) is 14.4 Å². The number of phenols is 1. The van der Waals surface area contributed by atoms with Gasteiger partial charge in [0.2, 0.25) is 5.95 Å². The summed E-state index contributed by atoms with van der Waals surface area (Å²) >= 11 is 0. The van der Waals surface area contributed by atoms with Gasteiger partial charge >= 0.3 is 0 Å². The van der Waals surface area contributed by atoms with E-state index in [9.17, 15) is 9.50 Å². The highest BCUT2D eigenvalue weighted by molar-refractivity contribution is 5.74. The van der Waals surface area contributed by atoms with E-state index in [0.717, 1.165) is 43.6 Å². The Morgan fingerprint density at radius 1 is 0.854 bits per heavy atom. The van der Waals surface area contributed by atoms with E-state index in [-0.39, 0.29) is 17.8 Å². The summed E-state index contributed by atoms with van der Waals surface area (Å²) in [5, 5.41) is 18.6. The number of halogens is 1. The second-order valence-electron chi connectivity index (χ2n) is 12.2. The lowest BCUT2D eigenvalue weighted by atomic mass is 9.89. The van der Waals surface area contributed by atoms with Crippen LogP contribution in [0.1, 0.15) is 69.4 Å². The number of piperidine rings is 1. The van der Waals surface area contributed by atoms with Crippen LogP contribution in [0.25, 0.3) is 11.3 Å². The first-order chi connectivity index (χ1) is 20.0. The van der Waals surface area contributed by atoms with Crippen LogP contribution >= 0.6 is 0 Å². The quantitative estimate of drug-likeness (QED) is 0.460. The maximum atomic E-state index is 13.9. The van der Waals surface area contributed by atoms with Gasteiger partial charge in [-0.3, -0.25) is 0 Å². The van der Waals surface area contributed by atoms with Crippen molar-refractivity contribution in [3.8, 4) is 17.0 Å². The Bertz CT molecular complexity index is 1380. The number of hydrogen-bond donors (Lipinski definition) is 2. The number of fused-ring (bicyclic) bond motifs is 2. The molecule has 4 fully saturated rings. The number of phenolic OH excluding ortho intramolecular Hbond substituents is 1. The lowest BCUT2D eigenvalue weighted by Gasteiger charge is -2.42. The van der Waals surface area contributed by atoms with Gasteiger partial charge in [-0.2, -0.15) is 0 Å². The van der Waals surface area contributed by atoms with Crippen molar-refractivity contribution < 1.29 is 9.50 Å². The molecule has 1 saturated carbocycles. The van der Waals surface area contributed by atoms with Crippen molar-refractivity contribution in [2.24, 2.45) is 0 Å². The summed E-state index contributed by atoms with van der Waals surface area (Å²) in [6.07, 6.45) is 13.3. The van der Waals surface area contributed by atoms with E-state index in [1.165, 1.54) is 81.9 Å². The lowest BCUT2D eigenvalue weighted by Crippen LogP contribution is -2.54. The van der Waals surface area contributed by atoms with E-state index >= 15 is 0 Å². The van der Waals surface area contributed by atoms with Gasteiger partial charge in [0.25, 0.3) is 0 Å². The van der Waals surface area contributed by atoms with Crippen molar-refractivity contribution in [3.63, 3.8) is 0 Å². The number of aromatic hydroxyl groups is 1. The summed E-state index contributed by atoms with van der Waals surface area (Å²) in [6, 6.07) is 9.06. The van der Waals surface area contributed by atoms with Gasteiger partial charge in [-0.15, -0.1) is 10.2 Å². The summed E-state index contributed by atoms with van der Waals surface area (Å²) in [5.74, 6) is 1.18. The Labute approximate surface area is 240 Å². The lowest BCUT2D eigenvalue weighted by molar-refractivity contribution is 0.121. The maximum absolute atomic E-state index is 13.9. The van der Waals surface area contributed by atoms with Gasteiger partial charge in [0.1, 0.15) is 11.6 Å². The largest absolute Gasteiger partial charge is 0.507 e. The molecule has 3 saturated heterocycles. The highest BCUT2D eigenvalue weighted by Gasteiger charge is 2.42. The predicted molar refractivity (Wildman–Crippen MR) is 157 cm³/mol. The zero-order valence-electron chi connectivity index (χ0n) is 23.5. The molecule has 10 heteroatoms. The molecule has 0 spiro atoms. The molecular formula is C31H39FN8O. The number of aromatic nitrogens is 4. The van der Waals surface area contributed by atoms with Crippen LogP contribution in [-0.4, -0.2) is 74.5 Å². The standard InChI is InChI=1S/C31H39FN8O/c32-21-6-9-29(41)25(16-21)27-17-28(30(33)37-36-27)39-18-23-7-8-24(19-39)40(23)31-34-13-10-26(35-31)20-11-14-38(15-12-20)22-4-2-1-3-5-22/h6,9-10,13,16-17,20,22-24,41H,1-5,7-8,11-12,14-15,18-19H2,(H2,33,37). The molecule has 216 valence electrons. The van der Waals surface area contributed by atoms with Crippen molar-refractivity contribution in [1.29, 1.82) is 0 Å². The zero-order valence-corrected chi connectivity index (χ0v) is 23.5. The molecular weight excluding hydrogens is 519 g/mol. The number of anilines is 3. The molecule has 5 heterocycles. The van der Waals surface area contributed by atoms with Crippen molar-refractivity contribution in [2.45, 2.75) is 81.8 Å². The SMILES string of the molecule is Nc1nnc(-c2cc(F)ccc2O)cc1N1CC2CCC(C1)N2c1nccc(C2CCN(C3CCCCC3)CC2)n1. The number of nitrogens with two attached hydrogens (primary N) is 1. The fraction of sp³-hybridized carbons (Fsp3) is 0.548. The van der Waals surface area contributed by atoms with Crippen LogP contribution in [0.2, 0.25) is 0 Å². The molecule has 41 heavy (non-hydrogen) atoms. The molecule has 4 aliphatic rings. The number of hydrogen-bond acceptors (Lipinski definition) is 9. The summed E-state index contributed by atoms with van der Waals surface area (Å²) in [5.41, 5.74) is 8.93. The highest BCUT2D eigenvalue weighted by atomic mass is 19.1. The van der Waals surface area contributed by atoms with Crippen LogP contribution in [-0.2, 0) is 0 Å². The number of piperazine rings is 1. The molecule has 2 bridgehead atoms. The summed E-state index contributed by atoms with van der Waals surface area (Å²) in [7, 11) is 0. The Morgan fingerprint density at radius 3 is 2.37 bits per heavy atom. The molecule has 3 aliphatic heterocycles. The minimum atomic E-state index is -0.443. The van der Waals surface area contributed by atoms with Gasteiger partial charge in [0.15, 0.2) is 5.82 Å². The molecule has 0 radical (unpaired) electrons.